The Balaban J connectivity index is 1.56. The van der Waals surface area contributed by atoms with Crippen LogP contribution in [0.4, 0.5) is 8.78 Å². The Morgan fingerprint density at radius 3 is 2.55 bits per heavy atom. The van der Waals surface area contributed by atoms with Gasteiger partial charge in [-0.1, -0.05) is 48.6 Å². The minimum atomic E-state index is -0.970. The van der Waals surface area contributed by atoms with Crippen molar-refractivity contribution < 1.29 is 18.3 Å². The molecule has 2 aliphatic heterocycles. The highest BCUT2D eigenvalue weighted by molar-refractivity contribution is 5.96. The van der Waals surface area contributed by atoms with Gasteiger partial charge in [-0.25, -0.2) is 8.78 Å². The maximum absolute atomic E-state index is 14.8. The van der Waals surface area contributed by atoms with E-state index in [2.05, 4.69) is 4.98 Å². The Morgan fingerprint density at radius 2 is 1.75 bits per heavy atom. The van der Waals surface area contributed by atoms with E-state index in [-0.39, 0.29) is 37.2 Å². The minimum absolute atomic E-state index is 0.0624. The Labute approximate surface area is 229 Å². The molecule has 0 N–H and O–H groups in total. The smallest absolute Gasteiger partial charge is 0.278 e. The van der Waals surface area contributed by atoms with Gasteiger partial charge in [-0.15, -0.1) is 0 Å². The van der Waals surface area contributed by atoms with Gasteiger partial charge in [0.15, 0.2) is 23.1 Å². The topological polar surface area (TPSA) is 67.7 Å². The molecule has 4 heterocycles. The highest BCUT2D eigenvalue weighted by Crippen LogP contribution is 2.35. The predicted octanol–water partition coefficient (Wildman–Crippen LogP) is 4.74. The number of allylic oxidation sites excluding steroid dienone is 1. The van der Waals surface area contributed by atoms with Crippen molar-refractivity contribution in [1.82, 2.24) is 14.6 Å². The van der Waals surface area contributed by atoms with E-state index in [0.29, 0.717) is 29.7 Å². The lowest BCUT2D eigenvalue weighted by molar-refractivity contribution is 0.0697. The molecule has 4 aromatic rings. The first-order valence-corrected chi connectivity index (χ1v) is 13.0. The molecule has 0 radical (unpaired) electrons. The lowest BCUT2D eigenvalue weighted by Gasteiger charge is -2.43. The fraction of sp³-hybridized carbons (Fsp3) is 0.194. The van der Waals surface area contributed by atoms with Gasteiger partial charge in [-0.2, -0.15) is 0 Å². The van der Waals surface area contributed by atoms with Crippen LogP contribution in [0.25, 0.3) is 0 Å². The molecule has 6 rings (SSSR count). The van der Waals surface area contributed by atoms with Gasteiger partial charge in [-0.3, -0.25) is 24.3 Å². The Bertz CT molecular complexity index is 1640. The molecule has 2 aromatic heterocycles. The van der Waals surface area contributed by atoms with Crippen molar-refractivity contribution in [3.63, 3.8) is 0 Å². The van der Waals surface area contributed by atoms with Crippen LogP contribution in [0.3, 0.4) is 0 Å². The molecule has 1 amide bonds. The van der Waals surface area contributed by atoms with Crippen LogP contribution in [0.5, 0.6) is 5.75 Å². The number of halogens is 2. The number of carbonyl (C=O) groups is 1. The third-order valence-electron chi connectivity index (χ3n) is 7.16. The summed E-state index contributed by atoms with van der Waals surface area (Å²) in [5.74, 6) is -2.34. The molecule has 2 bridgehead atoms. The molecular formula is C31H26F2N4O3. The van der Waals surface area contributed by atoms with Gasteiger partial charge >= 0.3 is 0 Å². The monoisotopic (exact) mass is 540 g/mol. The summed E-state index contributed by atoms with van der Waals surface area (Å²) in [6, 6.07) is 17.8. The van der Waals surface area contributed by atoms with E-state index in [1.807, 2.05) is 59.6 Å². The molecule has 0 aliphatic carbocycles. The maximum atomic E-state index is 14.8. The maximum Gasteiger partial charge on any atom is 0.278 e. The largest absolute Gasteiger partial charge is 0.482 e. The van der Waals surface area contributed by atoms with Gasteiger partial charge < -0.3 is 9.64 Å². The van der Waals surface area contributed by atoms with E-state index in [1.54, 1.807) is 21.8 Å². The third-order valence-corrected chi connectivity index (χ3v) is 7.16. The highest BCUT2D eigenvalue weighted by atomic mass is 19.2. The molecule has 2 aromatic carbocycles. The van der Waals surface area contributed by atoms with Gasteiger partial charge in [0, 0.05) is 25.0 Å². The summed E-state index contributed by atoms with van der Waals surface area (Å²) >= 11 is 0. The zero-order valence-electron chi connectivity index (χ0n) is 21.5. The second-order valence-electron chi connectivity index (χ2n) is 9.72. The van der Waals surface area contributed by atoms with E-state index >= 15 is 0 Å². The van der Waals surface area contributed by atoms with Crippen molar-refractivity contribution in [3.05, 3.63) is 141 Å². The number of pyridine rings is 2. The molecule has 1 atom stereocenters. The first-order valence-electron chi connectivity index (χ1n) is 13.0. The molecule has 7 nitrogen and oxygen atoms in total. The Morgan fingerprint density at radius 1 is 0.950 bits per heavy atom. The Kier molecular flexibility index (Phi) is 6.86. The fourth-order valence-corrected chi connectivity index (χ4v) is 5.23. The van der Waals surface area contributed by atoms with E-state index < -0.39 is 23.1 Å². The molecule has 0 unspecified atom stereocenters. The summed E-state index contributed by atoms with van der Waals surface area (Å²) in [6.45, 7) is 0.485. The average Bonchev–Trinajstić information content (AvgIpc) is 3.00. The molecular weight excluding hydrogens is 514 g/mol. The summed E-state index contributed by atoms with van der Waals surface area (Å²) in [6.07, 6.45) is 7.99. The average molecular weight is 541 g/mol. The number of amides is 1. The second kappa shape index (κ2) is 10.8. The van der Waals surface area contributed by atoms with Gasteiger partial charge in [0.05, 0.1) is 5.69 Å². The van der Waals surface area contributed by atoms with E-state index in [9.17, 15) is 18.4 Å². The molecule has 2 aliphatic rings. The number of aromatic nitrogens is 2. The quantitative estimate of drug-likeness (QED) is 0.350. The molecule has 0 spiro atoms. The number of carbonyl (C=O) groups excluding carboxylic acids is 1. The SMILES string of the molecule is O=C1c2c(OCc3ccccc3)c(=O)ccn2N2CN1C/C=C/CCc1cc(F)c(F)cc1[C@@H]2c1ccccn1. The third kappa shape index (κ3) is 4.75. The van der Waals surface area contributed by atoms with Crippen LogP contribution in [0.1, 0.15) is 45.3 Å². The number of hydrogen-bond acceptors (Lipinski definition) is 5. The fourth-order valence-electron chi connectivity index (χ4n) is 5.23. The van der Waals surface area contributed by atoms with Crippen LogP contribution in [0.2, 0.25) is 0 Å². The first-order chi connectivity index (χ1) is 19.5. The summed E-state index contributed by atoms with van der Waals surface area (Å²) in [5.41, 5.74) is 2.21. The van der Waals surface area contributed by atoms with Crippen LogP contribution in [0, 0.1) is 11.6 Å². The lowest BCUT2D eigenvalue weighted by Crippen LogP contribution is -2.55. The number of benzene rings is 2. The minimum Gasteiger partial charge on any atom is -0.482 e. The van der Waals surface area contributed by atoms with Crippen molar-refractivity contribution in [2.75, 3.05) is 18.2 Å². The number of hydrogen-bond donors (Lipinski definition) is 0. The van der Waals surface area contributed by atoms with E-state index in [1.165, 1.54) is 24.4 Å². The normalized spacial score (nSPS) is 17.4. The van der Waals surface area contributed by atoms with Crippen LogP contribution in [0.15, 0.2) is 96.1 Å². The van der Waals surface area contributed by atoms with Crippen molar-refractivity contribution >= 4 is 5.91 Å². The summed E-state index contributed by atoms with van der Waals surface area (Å²) in [5, 5.41) is 1.84. The zero-order chi connectivity index (χ0) is 27.6. The first kappa shape index (κ1) is 25.5. The van der Waals surface area contributed by atoms with Crippen molar-refractivity contribution in [2.45, 2.75) is 25.5 Å². The van der Waals surface area contributed by atoms with E-state index in [4.69, 9.17) is 4.74 Å². The van der Waals surface area contributed by atoms with Crippen molar-refractivity contribution in [1.29, 1.82) is 0 Å². The van der Waals surface area contributed by atoms with Gasteiger partial charge in [-0.05, 0) is 53.8 Å². The standard InChI is InChI=1S/C31H26F2N4O3/c32-24-17-22-11-5-2-8-15-35-20-37(28(23(22)18-25(24)33)26-12-6-7-14-34-26)36-16-13-27(38)30(29(36)31(35)39)40-19-21-9-3-1-4-10-21/h1-4,6-10,12-14,16-18,28H,5,11,15,19-20H2/b8-2+/t28-/m1/s1. The summed E-state index contributed by atoms with van der Waals surface area (Å²) in [4.78, 5) is 33.1. The molecule has 0 saturated carbocycles. The van der Waals surface area contributed by atoms with Gasteiger partial charge in [0.2, 0.25) is 5.43 Å². The van der Waals surface area contributed by atoms with E-state index in [0.717, 1.165) is 5.56 Å². The van der Waals surface area contributed by atoms with Crippen LogP contribution in [-0.2, 0) is 13.0 Å². The predicted molar refractivity (Wildman–Crippen MR) is 145 cm³/mol. The van der Waals surface area contributed by atoms with Crippen LogP contribution >= 0.6 is 0 Å². The summed E-state index contributed by atoms with van der Waals surface area (Å²) in [7, 11) is 0. The van der Waals surface area contributed by atoms with Crippen LogP contribution in [-0.4, -0.2) is 33.7 Å². The number of fused-ring (bicyclic) bond motifs is 5. The zero-order valence-corrected chi connectivity index (χ0v) is 21.5. The lowest BCUT2D eigenvalue weighted by atomic mass is 9.93. The summed E-state index contributed by atoms with van der Waals surface area (Å²) < 4.78 is 36.8. The van der Waals surface area contributed by atoms with Gasteiger partial charge in [0.25, 0.3) is 5.91 Å². The Hall–Kier alpha value is -4.79. The van der Waals surface area contributed by atoms with Gasteiger partial charge in [0.1, 0.15) is 19.3 Å². The molecule has 0 saturated heterocycles. The number of aryl methyl sites for hydroxylation is 1. The highest BCUT2D eigenvalue weighted by Gasteiger charge is 2.38. The number of ether oxygens (including phenoxy) is 1. The number of rotatable bonds is 4. The van der Waals surface area contributed by atoms with Crippen molar-refractivity contribution in [3.8, 4) is 5.75 Å². The molecule has 9 heteroatoms. The molecule has 40 heavy (non-hydrogen) atoms. The number of nitrogens with zero attached hydrogens (tertiary/aromatic N) is 4. The molecule has 202 valence electrons. The second-order valence-corrected chi connectivity index (χ2v) is 9.72. The van der Waals surface area contributed by atoms with Crippen molar-refractivity contribution in [2.24, 2.45) is 0 Å². The molecule has 0 fully saturated rings. The van der Waals surface area contributed by atoms with Crippen LogP contribution < -0.4 is 15.2 Å².